The summed E-state index contributed by atoms with van der Waals surface area (Å²) in [6, 6.07) is 7.85. The van der Waals surface area contributed by atoms with Gasteiger partial charge in [0, 0.05) is 37.9 Å². The van der Waals surface area contributed by atoms with Crippen molar-refractivity contribution in [2.75, 3.05) is 25.0 Å². The second-order valence-corrected chi connectivity index (χ2v) is 7.46. The summed E-state index contributed by atoms with van der Waals surface area (Å²) in [4.78, 5) is 29.9. The summed E-state index contributed by atoms with van der Waals surface area (Å²) < 4.78 is 7.28. The van der Waals surface area contributed by atoms with Crippen molar-refractivity contribution < 1.29 is 9.53 Å². The van der Waals surface area contributed by atoms with Gasteiger partial charge in [-0.15, -0.1) is 0 Å². The molecule has 144 valence electrons. The normalized spacial score (nSPS) is 14.0. The van der Waals surface area contributed by atoms with Crippen LogP contribution in [-0.2, 0) is 11.8 Å². The molecular weight excluding hydrogens is 412 g/mol. The number of benzene rings is 1. The van der Waals surface area contributed by atoms with Crippen molar-refractivity contribution in [1.29, 1.82) is 0 Å². The van der Waals surface area contributed by atoms with Gasteiger partial charge in [-0.05, 0) is 40.0 Å². The molecule has 0 unspecified atom stereocenters. The third-order valence-corrected chi connectivity index (χ3v) is 4.93. The van der Waals surface area contributed by atoms with Crippen LogP contribution in [0.2, 0.25) is 0 Å². The number of hydrogen-bond acceptors (Lipinski definition) is 5. The number of aryl methyl sites for hydroxylation is 1. The van der Waals surface area contributed by atoms with Gasteiger partial charge in [0.05, 0.1) is 6.61 Å². The second-order valence-electron chi connectivity index (χ2n) is 6.65. The number of halogens is 1. The molecule has 27 heavy (non-hydrogen) atoms. The number of aromatic nitrogens is 2. The zero-order valence-corrected chi connectivity index (χ0v) is 17.0. The molecule has 0 spiro atoms. The Labute approximate surface area is 166 Å². The first-order chi connectivity index (χ1) is 13.0. The van der Waals surface area contributed by atoms with E-state index in [0.717, 1.165) is 24.1 Å². The molecular formula is C19H23BrN4O3. The Hall–Kier alpha value is -2.35. The average molecular weight is 435 g/mol. The Morgan fingerprint density at radius 1 is 1.33 bits per heavy atom. The Bertz CT molecular complexity index is 860. The Morgan fingerprint density at radius 3 is 2.70 bits per heavy atom. The molecule has 1 aliphatic heterocycles. The summed E-state index contributed by atoms with van der Waals surface area (Å²) in [7, 11) is 1.68. The summed E-state index contributed by atoms with van der Waals surface area (Å²) in [5, 5.41) is 3.05. The van der Waals surface area contributed by atoms with Gasteiger partial charge in [-0.1, -0.05) is 25.5 Å². The predicted molar refractivity (Wildman–Crippen MR) is 107 cm³/mol. The van der Waals surface area contributed by atoms with E-state index in [9.17, 15) is 9.59 Å². The molecule has 1 aromatic carbocycles. The van der Waals surface area contributed by atoms with E-state index < -0.39 is 0 Å². The average Bonchev–Trinajstić information content (AvgIpc) is 2.59. The smallest absolute Gasteiger partial charge is 0.409 e. The molecule has 1 amide bonds. The molecule has 7 nitrogen and oxygen atoms in total. The second kappa shape index (κ2) is 8.56. The molecule has 0 atom stereocenters. The van der Waals surface area contributed by atoms with Crippen LogP contribution in [-0.4, -0.2) is 40.2 Å². The lowest BCUT2D eigenvalue weighted by Gasteiger charge is -2.38. The van der Waals surface area contributed by atoms with Crippen LogP contribution in [0.3, 0.4) is 0 Å². The Morgan fingerprint density at radius 2 is 2.04 bits per heavy atom. The van der Waals surface area contributed by atoms with Gasteiger partial charge in [0.25, 0.3) is 5.56 Å². The number of hydrogen-bond donors (Lipinski definition) is 1. The van der Waals surface area contributed by atoms with Crippen molar-refractivity contribution in [1.82, 2.24) is 14.5 Å². The first-order valence-electron chi connectivity index (χ1n) is 8.99. The van der Waals surface area contributed by atoms with E-state index in [0.29, 0.717) is 30.2 Å². The summed E-state index contributed by atoms with van der Waals surface area (Å²) in [5.74, 6) is 0.582. The van der Waals surface area contributed by atoms with Gasteiger partial charge in [-0.25, -0.2) is 9.78 Å². The Kier molecular flexibility index (Phi) is 6.15. The van der Waals surface area contributed by atoms with Crippen molar-refractivity contribution in [3.05, 3.63) is 51.0 Å². The van der Waals surface area contributed by atoms with Crippen molar-refractivity contribution >= 4 is 33.5 Å². The number of amides is 1. The summed E-state index contributed by atoms with van der Waals surface area (Å²) in [5.41, 5.74) is 1.75. The highest BCUT2D eigenvalue weighted by Gasteiger charge is 2.32. The molecule has 0 saturated carbocycles. The van der Waals surface area contributed by atoms with Gasteiger partial charge in [0.1, 0.15) is 4.60 Å². The maximum absolute atomic E-state index is 12.1. The van der Waals surface area contributed by atoms with Crippen LogP contribution in [0.25, 0.3) is 0 Å². The zero-order valence-electron chi connectivity index (χ0n) is 15.4. The van der Waals surface area contributed by atoms with Crippen molar-refractivity contribution in [2.45, 2.75) is 25.7 Å². The number of rotatable bonds is 6. The predicted octanol–water partition coefficient (Wildman–Crippen LogP) is 3.62. The minimum atomic E-state index is -0.227. The largest absolute Gasteiger partial charge is 0.449 e. The van der Waals surface area contributed by atoms with E-state index in [4.69, 9.17) is 4.74 Å². The van der Waals surface area contributed by atoms with Gasteiger partial charge in [0.2, 0.25) is 0 Å². The van der Waals surface area contributed by atoms with Crippen LogP contribution in [0.1, 0.15) is 31.2 Å². The van der Waals surface area contributed by atoms with Gasteiger partial charge in [-0.2, -0.15) is 0 Å². The quantitative estimate of drug-likeness (QED) is 0.702. The number of ether oxygens (including phenoxy) is 1. The maximum atomic E-state index is 12.1. The Balaban J connectivity index is 1.56. The number of anilines is 2. The molecule has 1 saturated heterocycles. The number of carbonyl (C=O) groups is 1. The van der Waals surface area contributed by atoms with Crippen LogP contribution < -0.4 is 10.9 Å². The minimum absolute atomic E-state index is 0.196. The molecule has 1 fully saturated rings. The molecule has 0 bridgehead atoms. The number of unbranched alkanes of at least 4 members (excludes halogenated alkanes) is 1. The van der Waals surface area contributed by atoms with Gasteiger partial charge in [-0.3, -0.25) is 4.79 Å². The summed E-state index contributed by atoms with van der Waals surface area (Å²) in [6.07, 6.45) is 3.30. The third kappa shape index (κ3) is 4.68. The highest BCUT2D eigenvalue weighted by atomic mass is 79.9. The lowest BCUT2D eigenvalue weighted by molar-refractivity contribution is 0.0706. The van der Waals surface area contributed by atoms with Crippen LogP contribution in [0.5, 0.6) is 0 Å². The van der Waals surface area contributed by atoms with E-state index >= 15 is 0 Å². The van der Waals surface area contributed by atoms with E-state index in [1.807, 2.05) is 24.3 Å². The maximum Gasteiger partial charge on any atom is 0.409 e. The highest BCUT2D eigenvalue weighted by molar-refractivity contribution is 9.10. The molecule has 2 heterocycles. The zero-order chi connectivity index (χ0) is 19.4. The molecule has 1 aliphatic rings. The van der Waals surface area contributed by atoms with Gasteiger partial charge in [0.15, 0.2) is 5.82 Å². The van der Waals surface area contributed by atoms with E-state index in [1.54, 1.807) is 18.1 Å². The van der Waals surface area contributed by atoms with Gasteiger partial charge < -0.3 is 19.5 Å². The van der Waals surface area contributed by atoms with E-state index in [1.165, 1.54) is 4.57 Å². The highest BCUT2D eigenvalue weighted by Crippen LogP contribution is 2.28. The summed E-state index contributed by atoms with van der Waals surface area (Å²) >= 11 is 3.29. The van der Waals surface area contributed by atoms with Crippen molar-refractivity contribution in [3.63, 3.8) is 0 Å². The van der Waals surface area contributed by atoms with E-state index in [-0.39, 0.29) is 17.5 Å². The minimum Gasteiger partial charge on any atom is -0.449 e. The molecule has 0 radical (unpaired) electrons. The first-order valence-corrected chi connectivity index (χ1v) is 9.79. The fourth-order valence-corrected chi connectivity index (χ4v) is 3.34. The van der Waals surface area contributed by atoms with Crippen LogP contribution in [0, 0.1) is 0 Å². The molecule has 1 N–H and O–H groups in total. The first kappa shape index (κ1) is 19.4. The molecule has 8 heteroatoms. The van der Waals surface area contributed by atoms with Crippen molar-refractivity contribution in [3.8, 4) is 0 Å². The number of carbonyl (C=O) groups excluding carboxylic acids is 1. The van der Waals surface area contributed by atoms with Gasteiger partial charge >= 0.3 is 6.09 Å². The molecule has 0 aliphatic carbocycles. The fraction of sp³-hybridized carbons (Fsp3) is 0.421. The van der Waals surface area contributed by atoms with Crippen LogP contribution in [0.4, 0.5) is 16.3 Å². The van der Waals surface area contributed by atoms with Crippen LogP contribution >= 0.6 is 15.9 Å². The lowest BCUT2D eigenvalue weighted by Crippen LogP contribution is -2.48. The molecule has 3 rings (SSSR count). The van der Waals surface area contributed by atoms with E-state index in [2.05, 4.69) is 33.2 Å². The summed E-state index contributed by atoms with van der Waals surface area (Å²) in [6.45, 7) is 3.90. The number of nitrogens with one attached hydrogen (secondary N) is 1. The third-order valence-electron chi connectivity index (χ3n) is 4.55. The topological polar surface area (TPSA) is 76.5 Å². The molecule has 2 aromatic rings. The number of likely N-dealkylation sites (tertiary alicyclic amines) is 1. The molecule has 1 aromatic heterocycles. The monoisotopic (exact) mass is 434 g/mol. The SMILES string of the molecule is CCCCOC(=O)N1CC(c2ccc(Nc3nc(Br)cn(C)c3=O)cc2)C1. The lowest BCUT2D eigenvalue weighted by atomic mass is 9.92. The van der Waals surface area contributed by atoms with Crippen molar-refractivity contribution in [2.24, 2.45) is 7.05 Å². The van der Waals surface area contributed by atoms with Crippen LogP contribution in [0.15, 0.2) is 39.9 Å². The standard InChI is InChI=1S/C19H23BrN4O3/c1-3-4-9-27-19(26)24-10-14(11-24)13-5-7-15(8-6-13)21-17-18(25)23(2)12-16(20)22-17/h5-8,12,14H,3-4,9-11H2,1-2H3,(H,21,22). The fourth-order valence-electron chi connectivity index (χ4n) is 2.86. The number of nitrogens with zero attached hydrogens (tertiary/aromatic N) is 3.